The van der Waals surface area contributed by atoms with Gasteiger partial charge in [0, 0.05) is 13.6 Å². The summed E-state index contributed by atoms with van der Waals surface area (Å²) in [5.74, 6) is 0.839. The number of hydrogen-bond donors (Lipinski definition) is 1. The summed E-state index contributed by atoms with van der Waals surface area (Å²) in [6.07, 6.45) is 3.69. The van der Waals surface area contributed by atoms with Crippen LogP contribution in [0.4, 0.5) is 0 Å². The lowest BCUT2D eigenvalue weighted by Gasteiger charge is -2.28. The second kappa shape index (κ2) is 5.91. The summed E-state index contributed by atoms with van der Waals surface area (Å²) in [5.41, 5.74) is 0. The first-order valence-corrected chi connectivity index (χ1v) is 6.18. The molecule has 2 aliphatic rings. The van der Waals surface area contributed by atoms with Crippen molar-refractivity contribution in [2.24, 2.45) is 5.92 Å². The molecule has 0 aromatic heterocycles. The minimum Gasteiger partial charge on any atom is -0.494 e. The first kappa shape index (κ1) is 12.2. The highest BCUT2D eigenvalue weighted by atomic mass is 16.6. The van der Waals surface area contributed by atoms with E-state index in [2.05, 4.69) is 5.32 Å². The topological polar surface area (TPSA) is 50.8 Å². The zero-order chi connectivity index (χ0) is 12.1. The molecule has 0 aromatic rings. The summed E-state index contributed by atoms with van der Waals surface area (Å²) in [5, 5.41) is 3.32. The standard InChI is InChI=1S/C12H20N2O3/c1-14(8-10-2-4-13-5-3-10)12(15)11-9-16-6-7-17-11/h9-10,13H,2-8H2,1H3. The van der Waals surface area contributed by atoms with E-state index < -0.39 is 0 Å². The molecule has 0 radical (unpaired) electrons. The van der Waals surface area contributed by atoms with Gasteiger partial charge in [-0.3, -0.25) is 4.79 Å². The Hall–Kier alpha value is -1.23. The zero-order valence-electron chi connectivity index (χ0n) is 10.3. The molecular weight excluding hydrogens is 220 g/mol. The van der Waals surface area contributed by atoms with Crippen LogP contribution in [0.25, 0.3) is 0 Å². The SMILES string of the molecule is CN(CC1CCNCC1)C(=O)C1=COCCO1. The lowest BCUT2D eigenvalue weighted by Crippen LogP contribution is -2.38. The summed E-state index contributed by atoms with van der Waals surface area (Å²) < 4.78 is 10.4. The van der Waals surface area contributed by atoms with Crippen molar-refractivity contribution >= 4 is 5.91 Å². The number of amides is 1. The van der Waals surface area contributed by atoms with E-state index in [1.54, 1.807) is 4.90 Å². The third kappa shape index (κ3) is 3.36. The molecule has 1 amide bonds. The molecule has 96 valence electrons. The van der Waals surface area contributed by atoms with E-state index in [9.17, 15) is 4.79 Å². The van der Waals surface area contributed by atoms with E-state index in [1.165, 1.54) is 6.26 Å². The number of piperidine rings is 1. The summed E-state index contributed by atoms with van der Waals surface area (Å²) in [4.78, 5) is 13.7. The molecule has 0 aromatic carbocycles. The van der Waals surface area contributed by atoms with Gasteiger partial charge in [-0.05, 0) is 31.8 Å². The summed E-state index contributed by atoms with van der Waals surface area (Å²) in [6, 6.07) is 0. The third-order valence-corrected chi connectivity index (χ3v) is 3.20. The van der Waals surface area contributed by atoms with Crippen molar-refractivity contribution in [2.75, 3.05) is 39.9 Å². The van der Waals surface area contributed by atoms with Gasteiger partial charge in [0.05, 0.1) is 0 Å². The highest BCUT2D eigenvalue weighted by Crippen LogP contribution is 2.15. The number of nitrogens with one attached hydrogen (secondary N) is 1. The smallest absolute Gasteiger partial charge is 0.291 e. The Morgan fingerprint density at radius 2 is 2.24 bits per heavy atom. The van der Waals surface area contributed by atoms with Crippen molar-refractivity contribution in [3.8, 4) is 0 Å². The molecule has 1 fully saturated rings. The number of hydrogen-bond acceptors (Lipinski definition) is 4. The summed E-state index contributed by atoms with van der Waals surface area (Å²) in [6.45, 7) is 3.87. The molecule has 0 bridgehead atoms. The normalized spacial score (nSPS) is 21.1. The first-order chi connectivity index (χ1) is 8.27. The summed E-state index contributed by atoms with van der Waals surface area (Å²) in [7, 11) is 1.82. The van der Waals surface area contributed by atoms with Gasteiger partial charge in [0.15, 0.2) is 0 Å². The predicted molar refractivity (Wildman–Crippen MR) is 63.2 cm³/mol. The fraction of sp³-hybridized carbons (Fsp3) is 0.750. The molecule has 0 atom stereocenters. The van der Waals surface area contributed by atoms with E-state index in [1.807, 2.05) is 7.05 Å². The minimum absolute atomic E-state index is 0.0803. The molecule has 5 nitrogen and oxygen atoms in total. The van der Waals surface area contributed by atoms with Crippen LogP contribution >= 0.6 is 0 Å². The molecule has 0 aliphatic carbocycles. The molecule has 0 saturated carbocycles. The lowest BCUT2D eigenvalue weighted by atomic mass is 9.98. The Morgan fingerprint density at radius 3 is 2.88 bits per heavy atom. The van der Waals surface area contributed by atoms with Crippen LogP contribution in [0, 0.1) is 5.92 Å². The van der Waals surface area contributed by atoms with E-state index in [0.29, 0.717) is 24.9 Å². The average molecular weight is 240 g/mol. The molecule has 2 rings (SSSR count). The second-order valence-corrected chi connectivity index (χ2v) is 4.58. The van der Waals surface area contributed by atoms with Gasteiger partial charge in [-0.1, -0.05) is 0 Å². The second-order valence-electron chi connectivity index (χ2n) is 4.58. The Morgan fingerprint density at radius 1 is 1.47 bits per heavy atom. The van der Waals surface area contributed by atoms with Gasteiger partial charge in [0.1, 0.15) is 19.5 Å². The third-order valence-electron chi connectivity index (χ3n) is 3.20. The molecule has 1 N–H and O–H groups in total. The maximum atomic E-state index is 12.0. The Kier molecular flexibility index (Phi) is 4.25. The van der Waals surface area contributed by atoms with Crippen LogP contribution in [0.5, 0.6) is 0 Å². The predicted octanol–water partition coefficient (Wildman–Crippen LogP) is 0.333. The van der Waals surface area contributed by atoms with Crippen LogP contribution in [0.15, 0.2) is 12.0 Å². The quantitative estimate of drug-likeness (QED) is 0.772. The molecule has 5 heteroatoms. The van der Waals surface area contributed by atoms with E-state index >= 15 is 0 Å². The largest absolute Gasteiger partial charge is 0.494 e. The minimum atomic E-state index is -0.0803. The van der Waals surface area contributed by atoms with E-state index in [4.69, 9.17) is 9.47 Å². The Labute approximate surface area is 102 Å². The van der Waals surface area contributed by atoms with Gasteiger partial charge >= 0.3 is 0 Å². The maximum Gasteiger partial charge on any atom is 0.291 e. The molecule has 1 saturated heterocycles. The van der Waals surface area contributed by atoms with Crippen molar-refractivity contribution in [1.29, 1.82) is 0 Å². The highest BCUT2D eigenvalue weighted by molar-refractivity contribution is 5.91. The average Bonchev–Trinajstić information content (AvgIpc) is 2.40. The molecule has 17 heavy (non-hydrogen) atoms. The number of likely N-dealkylation sites (N-methyl/N-ethyl adjacent to an activating group) is 1. The first-order valence-electron chi connectivity index (χ1n) is 6.18. The van der Waals surface area contributed by atoms with Crippen LogP contribution in [0.3, 0.4) is 0 Å². The molecule has 0 unspecified atom stereocenters. The van der Waals surface area contributed by atoms with Crippen molar-refractivity contribution in [3.05, 3.63) is 12.0 Å². The number of carbonyl (C=O) groups is 1. The number of carbonyl (C=O) groups excluding carboxylic acids is 1. The van der Waals surface area contributed by atoms with Crippen LogP contribution in [0.1, 0.15) is 12.8 Å². The van der Waals surface area contributed by atoms with Crippen molar-refractivity contribution in [2.45, 2.75) is 12.8 Å². The highest BCUT2D eigenvalue weighted by Gasteiger charge is 2.22. The monoisotopic (exact) mass is 240 g/mol. The van der Waals surface area contributed by atoms with E-state index in [-0.39, 0.29) is 5.91 Å². The van der Waals surface area contributed by atoms with Gasteiger partial charge in [0.2, 0.25) is 5.76 Å². The number of ether oxygens (including phenoxy) is 2. The molecular formula is C12H20N2O3. The maximum absolute atomic E-state index is 12.0. The Balaban J connectivity index is 1.83. The van der Waals surface area contributed by atoms with Crippen LogP contribution < -0.4 is 5.32 Å². The van der Waals surface area contributed by atoms with Gasteiger partial charge in [-0.25, -0.2) is 0 Å². The van der Waals surface area contributed by atoms with Crippen LogP contribution in [-0.2, 0) is 14.3 Å². The van der Waals surface area contributed by atoms with Crippen molar-refractivity contribution in [1.82, 2.24) is 10.2 Å². The van der Waals surface area contributed by atoms with Crippen LogP contribution in [0.2, 0.25) is 0 Å². The Bertz CT molecular complexity index is 298. The molecule has 2 heterocycles. The number of rotatable bonds is 3. The number of nitrogens with zero attached hydrogens (tertiary/aromatic N) is 1. The van der Waals surface area contributed by atoms with Crippen LogP contribution in [-0.4, -0.2) is 50.7 Å². The fourth-order valence-corrected chi connectivity index (χ4v) is 2.20. The zero-order valence-corrected chi connectivity index (χ0v) is 10.3. The molecule has 2 aliphatic heterocycles. The lowest BCUT2D eigenvalue weighted by molar-refractivity contribution is -0.131. The fourth-order valence-electron chi connectivity index (χ4n) is 2.20. The molecule has 0 spiro atoms. The summed E-state index contributed by atoms with van der Waals surface area (Å²) >= 11 is 0. The van der Waals surface area contributed by atoms with Gasteiger partial charge in [-0.2, -0.15) is 0 Å². The van der Waals surface area contributed by atoms with Gasteiger partial charge < -0.3 is 19.7 Å². The van der Waals surface area contributed by atoms with E-state index in [0.717, 1.165) is 32.5 Å². The van der Waals surface area contributed by atoms with Crippen molar-refractivity contribution < 1.29 is 14.3 Å². The van der Waals surface area contributed by atoms with Crippen molar-refractivity contribution in [3.63, 3.8) is 0 Å². The van der Waals surface area contributed by atoms with Gasteiger partial charge in [0.25, 0.3) is 5.91 Å². The van der Waals surface area contributed by atoms with Gasteiger partial charge in [-0.15, -0.1) is 0 Å².